The zero-order chi connectivity index (χ0) is 9.14. The van der Waals surface area contributed by atoms with Gasteiger partial charge in [0.1, 0.15) is 0 Å². The lowest BCUT2D eigenvalue weighted by Gasteiger charge is -2.22. The van der Waals surface area contributed by atoms with Gasteiger partial charge in [0.25, 0.3) is 0 Å². The molecule has 0 spiro atoms. The van der Waals surface area contributed by atoms with Crippen molar-refractivity contribution in [3.05, 3.63) is 36.1 Å². The van der Waals surface area contributed by atoms with Crippen LogP contribution in [-0.4, -0.2) is 11.2 Å². The van der Waals surface area contributed by atoms with Gasteiger partial charge in [0.15, 0.2) is 0 Å². The predicted octanol–water partition coefficient (Wildman–Crippen LogP) is 1.49. The van der Waals surface area contributed by atoms with E-state index < -0.39 is 0 Å². The third-order valence-corrected chi connectivity index (χ3v) is 2.21. The van der Waals surface area contributed by atoms with Crippen LogP contribution in [0.1, 0.15) is 19.3 Å². The van der Waals surface area contributed by atoms with E-state index in [4.69, 9.17) is 5.73 Å². The normalized spacial score (nSPS) is 23.9. The van der Waals surface area contributed by atoms with Gasteiger partial charge in [0, 0.05) is 12.1 Å². The average molecular weight is 165 g/mol. The molecule has 0 radical (unpaired) electrons. The van der Waals surface area contributed by atoms with Crippen LogP contribution in [0, 0.1) is 0 Å². The Hall–Kier alpha value is -1.02. The fourth-order valence-electron chi connectivity index (χ4n) is 1.50. The standard InChI is InChI=1S/C10H15NO/c1-3-8-4-5-9(12)6-10(8)7(2)11/h3,9,12H,1-2,4-6,11H2. The highest BCUT2D eigenvalue weighted by Crippen LogP contribution is 2.28. The van der Waals surface area contributed by atoms with E-state index in [1.807, 2.05) is 0 Å². The molecule has 66 valence electrons. The van der Waals surface area contributed by atoms with Crippen LogP contribution in [-0.2, 0) is 0 Å². The zero-order valence-electron chi connectivity index (χ0n) is 7.21. The molecule has 0 aromatic rings. The lowest BCUT2D eigenvalue weighted by atomic mass is 9.88. The maximum atomic E-state index is 9.38. The molecule has 2 nitrogen and oxygen atoms in total. The van der Waals surface area contributed by atoms with E-state index in [-0.39, 0.29) is 6.10 Å². The first kappa shape index (κ1) is 9.07. The van der Waals surface area contributed by atoms with E-state index in [1.54, 1.807) is 6.08 Å². The van der Waals surface area contributed by atoms with Crippen molar-refractivity contribution in [2.45, 2.75) is 25.4 Å². The molecule has 0 aliphatic heterocycles. The molecule has 0 bridgehead atoms. The van der Waals surface area contributed by atoms with Gasteiger partial charge in [-0.25, -0.2) is 0 Å². The van der Waals surface area contributed by atoms with Crippen LogP contribution in [0.5, 0.6) is 0 Å². The Morgan fingerprint density at radius 3 is 2.83 bits per heavy atom. The summed E-state index contributed by atoms with van der Waals surface area (Å²) in [6.07, 6.45) is 3.83. The minimum absolute atomic E-state index is 0.260. The molecule has 1 unspecified atom stereocenters. The van der Waals surface area contributed by atoms with Gasteiger partial charge in [-0.2, -0.15) is 0 Å². The topological polar surface area (TPSA) is 46.2 Å². The van der Waals surface area contributed by atoms with Crippen molar-refractivity contribution in [3.63, 3.8) is 0 Å². The second-order valence-corrected chi connectivity index (χ2v) is 3.13. The Kier molecular flexibility index (Phi) is 2.71. The van der Waals surface area contributed by atoms with Crippen LogP contribution in [0.25, 0.3) is 0 Å². The van der Waals surface area contributed by atoms with E-state index in [1.165, 1.54) is 0 Å². The molecule has 1 aliphatic carbocycles. The number of hydrogen-bond acceptors (Lipinski definition) is 2. The van der Waals surface area contributed by atoms with Gasteiger partial charge in [-0.3, -0.25) is 0 Å². The molecule has 1 atom stereocenters. The molecule has 0 heterocycles. The SMILES string of the molecule is C=CC1=C(C(=C)N)CC(O)CC1. The average Bonchev–Trinajstić information content (AvgIpc) is 2.04. The summed E-state index contributed by atoms with van der Waals surface area (Å²) < 4.78 is 0. The molecule has 2 heteroatoms. The van der Waals surface area contributed by atoms with Gasteiger partial charge in [-0.1, -0.05) is 19.2 Å². The summed E-state index contributed by atoms with van der Waals surface area (Å²) in [5, 5.41) is 9.38. The Morgan fingerprint density at radius 1 is 1.67 bits per heavy atom. The lowest BCUT2D eigenvalue weighted by Crippen LogP contribution is -2.17. The molecular weight excluding hydrogens is 150 g/mol. The fraction of sp³-hybridized carbons (Fsp3) is 0.400. The summed E-state index contributed by atoms with van der Waals surface area (Å²) >= 11 is 0. The molecule has 0 saturated carbocycles. The first-order valence-electron chi connectivity index (χ1n) is 4.12. The van der Waals surface area contributed by atoms with Gasteiger partial charge in [-0.05, 0) is 24.0 Å². The lowest BCUT2D eigenvalue weighted by molar-refractivity contribution is 0.160. The smallest absolute Gasteiger partial charge is 0.0584 e. The molecule has 0 amide bonds. The van der Waals surface area contributed by atoms with E-state index in [0.717, 1.165) is 24.0 Å². The van der Waals surface area contributed by atoms with Gasteiger partial charge in [0.05, 0.1) is 6.10 Å². The van der Waals surface area contributed by atoms with Gasteiger partial charge < -0.3 is 10.8 Å². The minimum atomic E-state index is -0.260. The number of allylic oxidation sites excluding steroid dienone is 3. The first-order valence-corrected chi connectivity index (χ1v) is 4.12. The molecule has 0 fully saturated rings. The van der Waals surface area contributed by atoms with Gasteiger partial charge in [-0.15, -0.1) is 0 Å². The number of aliphatic hydroxyl groups is 1. The molecule has 3 N–H and O–H groups in total. The largest absolute Gasteiger partial charge is 0.399 e. The summed E-state index contributed by atoms with van der Waals surface area (Å²) in [4.78, 5) is 0. The Morgan fingerprint density at radius 2 is 2.33 bits per heavy atom. The number of nitrogens with two attached hydrogens (primary N) is 1. The highest BCUT2D eigenvalue weighted by Gasteiger charge is 2.17. The molecule has 0 aromatic carbocycles. The highest BCUT2D eigenvalue weighted by molar-refractivity contribution is 5.38. The summed E-state index contributed by atoms with van der Waals surface area (Å²) in [5.41, 5.74) is 8.25. The maximum absolute atomic E-state index is 9.38. The monoisotopic (exact) mass is 165 g/mol. The summed E-state index contributed by atoms with van der Waals surface area (Å²) in [7, 11) is 0. The number of aliphatic hydroxyl groups excluding tert-OH is 1. The zero-order valence-corrected chi connectivity index (χ0v) is 7.21. The van der Waals surface area contributed by atoms with Gasteiger partial charge in [0.2, 0.25) is 0 Å². The summed E-state index contributed by atoms with van der Waals surface area (Å²) in [6.45, 7) is 7.38. The van der Waals surface area contributed by atoms with Crippen molar-refractivity contribution in [1.82, 2.24) is 0 Å². The highest BCUT2D eigenvalue weighted by atomic mass is 16.3. The molecule has 12 heavy (non-hydrogen) atoms. The quantitative estimate of drug-likeness (QED) is 0.651. The Labute approximate surface area is 73.1 Å². The summed E-state index contributed by atoms with van der Waals surface area (Å²) in [6, 6.07) is 0. The van der Waals surface area contributed by atoms with Crippen LogP contribution < -0.4 is 5.73 Å². The Balaban J connectivity index is 2.92. The second kappa shape index (κ2) is 3.59. The van der Waals surface area contributed by atoms with Crippen molar-refractivity contribution in [3.8, 4) is 0 Å². The number of hydrogen-bond donors (Lipinski definition) is 2. The van der Waals surface area contributed by atoms with E-state index in [9.17, 15) is 5.11 Å². The van der Waals surface area contributed by atoms with E-state index in [0.29, 0.717) is 12.1 Å². The molecule has 1 rings (SSSR count). The van der Waals surface area contributed by atoms with E-state index >= 15 is 0 Å². The minimum Gasteiger partial charge on any atom is -0.399 e. The van der Waals surface area contributed by atoms with Crippen LogP contribution in [0.3, 0.4) is 0 Å². The molecule has 1 aliphatic rings. The third-order valence-electron chi connectivity index (χ3n) is 2.21. The Bertz CT molecular complexity index is 240. The molecular formula is C10H15NO. The van der Waals surface area contributed by atoms with Crippen molar-refractivity contribution < 1.29 is 5.11 Å². The molecule has 0 aromatic heterocycles. The first-order chi connectivity index (χ1) is 5.65. The fourth-order valence-corrected chi connectivity index (χ4v) is 1.50. The van der Waals surface area contributed by atoms with Crippen LogP contribution in [0.4, 0.5) is 0 Å². The number of rotatable bonds is 2. The second-order valence-electron chi connectivity index (χ2n) is 3.13. The van der Waals surface area contributed by atoms with Gasteiger partial charge >= 0.3 is 0 Å². The van der Waals surface area contributed by atoms with Crippen molar-refractivity contribution in [2.24, 2.45) is 5.73 Å². The third kappa shape index (κ3) is 1.77. The maximum Gasteiger partial charge on any atom is 0.0584 e. The molecule has 0 saturated heterocycles. The van der Waals surface area contributed by atoms with Crippen molar-refractivity contribution in [2.75, 3.05) is 0 Å². The van der Waals surface area contributed by atoms with Crippen molar-refractivity contribution >= 4 is 0 Å². The van der Waals surface area contributed by atoms with Crippen LogP contribution in [0.2, 0.25) is 0 Å². The van der Waals surface area contributed by atoms with E-state index in [2.05, 4.69) is 13.2 Å². The van der Waals surface area contributed by atoms with Crippen molar-refractivity contribution in [1.29, 1.82) is 0 Å². The predicted molar refractivity (Wildman–Crippen MR) is 50.4 cm³/mol. The van der Waals surface area contributed by atoms with Crippen LogP contribution >= 0.6 is 0 Å². The summed E-state index contributed by atoms with van der Waals surface area (Å²) in [5.74, 6) is 0. The van der Waals surface area contributed by atoms with Crippen LogP contribution in [0.15, 0.2) is 36.1 Å².